The number of halogens is 1. The quantitative estimate of drug-likeness (QED) is 0.492. The Morgan fingerprint density at radius 2 is 1.61 bits per heavy atom. The number of rotatable bonds is 6. The number of para-hydroxylation sites is 2. The number of thioether (sulfide) groups is 1. The van der Waals surface area contributed by atoms with Gasteiger partial charge in [0.25, 0.3) is 5.91 Å². The molecule has 160 valence electrons. The molecule has 0 radical (unpaired) electrons. The first-order valence-corrected chi connectivity index (χ1v) is 11.8. The predicted molar refractivity (Wildman–Crippen MR) is 132 cm³/mol. The molecule has 3 aromatic rings. The van der Waals surface area contributed by atoms with Crippen LogP contribution < -0.4 is 10.2 Å². The predicted octanol–water partition coefficient (Wildman–Crippen LogP) is 5.64. The number of anilines is 2. The van der Waals surface area contributed by atoms with Gasteiger partial charge in [0.1, 0.15) is 0 Å². The summed E-state index contributed by atoms with van der Waals surface area (Å²) in [4.78, 5) is 18.7. The van der Waals surface area contributed by atoms with Crippen LogP contribution in [0.4, 0.5) is 11.4 Å². The fourth-order valence-corrected chi connectivity index (χ4v) is 4.53. The molecule has 0 bridgehead atoms. The van der Waals surface area contributed by atoms with Gasteiger partial charge >= 0.3 is 0 Å². The molecule has 4 rings (SSSR count). The van der Waals surface area contributed by atoms with Crippen LogP contribution in [0.15, 0.2) is 77.7 Å². The Bertz CT molecular complexity index is 1020. The van der Waals surface area contributed by atoms with Crippen LogP contribution in [0.25, 0.3) is 0 Å². The number of carbonyl (C=O) groups is 1. The lowest BCUT2D eigenvalue weighted by molar-refractivity contribution is 0.102. The van der Waals surface area contributed by atoms with Crippen molar-refractivity contribution < 1.29 is 4.79 Å². The van der Waals surface area contributed by atoms with E-state index in [2.05, 4.69) is 28.2 Å². The van der Waals surface area contributed by atoms with Gasteiger partial charge in [-0.25, -0.2) is 0 Å². The second-order valence-electron chi connectivity index (χ2n) is 7.70. The first-order chi connectivity index (χ1) is 15.1. The van der Waals surface area contributed by atoms with E-state index < -0.39 is 0 Å². The molecule has 0 atom stereocenters. The summed E-state index contributed by atoms with van der Waals surface area (Å²) < 4.78 is 0. The minimum absolute atomic E-state index is 0.0847. The molecular formula is C25H26ClN3OS. The molecule has 0 unspecified atom stereocenters. The third-order valence-electron chi connectivity index (χ3n) is 5.43. The number of amides is 1. The molecule has 0 saturated carbocycles. The standard InChI is InChI=1S/C25H26ClN3OS/c1-28-14-16-29(17-15-28)24-5-3-2-4-23(24)27-25(30)20-8-6-19(7-9-20)18-31-22-12-10-21(26)11-13-22/h2-13H,14-18H2,1H3,(H,27,30). The SMILES string of the molecule is CN1CCN(c2ccccc2NC(=O)c2ccc(CSc3ccc(Cl)cc3)cc2)CC1. The minimum Gasteiger partial charge on any atom is -0.367 e. The van der Waals surface area contributed by atoms with Gasteiger partial charge in [0.05, 0.1) is 11.4 Å². The Morgan fingerprint density at radius 1 is 0.935 bits per heavy atom. The van der Waals surface area contributed by atoms with E-state index in [1.54, 1.807) is 11.8 Å². The Balaban J connectivity index is 1.38. The summed E-state index contributed by atoms with van der Waals surface area (Å²) in [5.41, 5.74) is 3.78. The molecule has 1 heterocycles. The Hall–Kier alpha value is -2.47. The van der Waals surface area contributed by atoms with Crippen LogP contribution in [-0.4, -0.2) is 44.0 Å². The fraction of sp³-hybridized carbons (Fsp3) is 0.240. The second kappa shape index (κ2) is 10.2. The number of carbonyl (C=O) groups excluding carboxylic acids is 1. The number of hydrogen-bond donors (Lipinski definition) is 1. The van der Waals surface area contributed by atoms with Crippen molar-refractivity contribution in [2.75, 3.05) is 43.4 Å². The monoisotopic (exact) mass is 451 g/mol. The first kappa shape index (κ1) is 21.8. The molecule has 1 N–H and O–H groups in total. The first-order valence-electron chi connectivity index (χ1n) is 10.4. The van der Waals surface area contributed by atoms with Crippen molar-refractivity contribution in [1.29, 1.82) is 0 Å². The zero-order chi connectivity index (χ0) is 21.6. The molecule has 0 aliphatic carbocycles. The third kappa shape index (κ3) is 5.82. The van der Waals surface area contributed by atoms with Gasteiger partial charge in [-0.3, -0.25) is 4.79 Å². The van der Waals surface area contributed by atoms with Crippen molar-refractivity contribution in [2.45, 2.75) is 10.6 Å². The van der Waals surface area contributed by atoms with E-state index in [4.69, 9.17) is 11.6 Å². The van der Waals surface area contributed by atoms with E-state index in [0.29, 0.717) is 5.56 Å². The highest BCUT2D eigenvalue weighted by molar-refractivity contribution is 7.98. The summed E-state index contributed by atoms with van der Waals surface area (Å²) in [6.45, 7) is 3.97. The molecule has 3 aromatic carbocycles. The second-order valence-corrected chi connectivity index (χ2v) is 9.19. The Labute approximate surface area is 193 Å². The average Bonchev–Trinajstić information content (AvgIpc) is 2.80. The zero-order valence-corrected chi connectivity index (χ0v) is 19.1. The third-order valence-corrected chi connectivity index (χ3v) is 6.77. The summed E-state index contributed by atoms with van der Waals surface area (Å²) in [6, 6.07) is 23.7. The van der Waals surface area contributed by atoms with Crippen LogP contribution in [0, 0.1) is 0 Å². The van der Waals surface area contributed by atoms with Crippen LogP contribution in [-0.2, 0) is 5.75 Å². The van der Waals surface area contributed by atoms with E-state index >= 15 is 0 Å². The summed E-state index contributed by atoms with van der Waals surface area (Å²) in [7, 11) is 2.14. The molecule has 0 aromatic heterocycles. The topological polar surface area (TPSA) is 35.6 Å². The van der Waals surface area contributed by atoms with Crippen LogP contribution in [0.2, 0.25) is 5.02 Å². The van der Waals surface area contributed by atoms with Crippen molar-refractivity contribution in [3.63, 3.8) is 0 Å². The van der Waals surface area contributed by atoms with Gasteiger partial charge in [-0.2, -0.15) is 0 Å². The zero-order valence-electron chi connectivity index (χ0n) is 17.6. The van der Waals surface area contributed by atoms with Crippen LogP contribution >= 0.6 is 23.4 Å². The van der Waals surface area contributed by atoms with Crippen molar-refractivity contribution in [3.05, 3.63) is 88.9 Å². The van der Waals surface area contributed by atoms with E-state index in [-0.39, 0.29) is 5.91 Å². The molecule has 1 fully saturated rings. The maximum atomic E-state index is 12.9. The van der Waals surface area contributed by atoms with Gasteiger partial charge < -0.3 is 15.1 Å². The molecule has 4 nitrogen and oxygen atoms in total. The molecule has 1 amide bonds. The van der Waals surface area contributed by atoms with E-state index in [0.717, 1.165) is 48.3 Å². The summed E-state index contributed by atoms with van der Waals surface area (Å²) in [6.07, 6.45) is 0. The highest BCUT2D eigenvalue weighted by Crippen LogP contribution is 2.28. The Morgan fingerprint density at radius 3 is 2.32 bits per heavy atom. The number of likely N-dealkylation sites (N-methyl/N-ethyl adjacent to an activating group) is 1. The van der Waals surface area contributed by atoms with Crippen molar-refractivity contribution in [2.24, 2.45) is 0 Å². The molecular weight excluding hydrogens is 426 g/mol. The van der Waals surface area contributed by atoms with Crippen LogP contribution in [0.5, 0.6) is 0 Å². The smallest absolute Gasteiger partial charge is 0.255 e. The van der Waals surface area contributed by atoms with Gasteiger partial charge in [0.15, 0.2) is 0 Å². The summed E-state index contributed by atoms with van der Waals surface area (Å²) in [5, 5.41) is 3.85. The lowest BCUT2D eigenvalue weighted by atomic mass is 10.1. The van der Waals surface area contributed by atoms with Crippen molar-refractivity contribution >= 4 is 40.6 Å². The normalized spacial score (nSPS) is 14.5. The molecule has 1 aliphatic heterocycles. The molecule has 0 spiro atoms. The maximum Gasteiger partial charge on any atom is 0.255 e. The number of nitrogens with zero attached hydrogens (tertiary/aromatic N) is 2. The minimum atomic E-state index is -0.0847. The largest absolute Gasteiger partial charge is 0.367 e. The van der Waals surface area contributed by atoms with E-state index in [9.17, 15) is 4.79 Å². The Kier molecular flexibility index (Phi) is 7.17. The lowest BCUT2D eigenvalue weighted by Gasteiger charge is -2.35. The molecule has 6 heteroatoms. The fourth-order valence-electron chi connectivity index (χ4n) is 3.55. The number of piperazine rings is 1. The number of benzene rings is 3. The number of nitrogens with one attached hydrogen (secondary N) is 1. The van der Waals surface area contributed by atoms with Crippen molar-refractivity contribution in [3.8, 4) is 0 Å². The maximum absolute atomic E-state index is 12.9. The summed E-state index contributed by atoms with van der Waals surface area (Å²) in [5.74, 6) is 0.758. The average molecular weight is 452 g/mol. The van der Waals surface area contributed by atoms with E-state index in [1.807, 2.05) is 66.7 Å². The van der Waals surface area contributed by atoms with Crippen molar-refractivity contribution in [1.82, 2.24) is 4.90 Å². The van der Waals surface area contributed by atoms with Gasteiger partial charge in [0, 0.05) is 47.4 Å². The van der Waals surface area contributed by atoms with Gasteiger partial charge in [0.2, 0.25) is 0 Å². The highest BCUT2D eigenvalue weighted by atomic mass is 35.5. The molecule has 1 saturated heterocycles. The van der Waals surface area contributed by atoms with E-state index in [1.165, 1.54) is 10.5 Å². The molecule has 1 aliphatic rings. The highest BCUT2D eigenvalue weighted by Gasteiger charge is 2.18. The number of hydrogen-bond acceptors (Lipinski definition) is 4. The van der Waals surface area contributed by atoms with Gasteiger partial charge in [-0.15, -0.1) is 11.8 Å². The van der Waals surface area contributed by atoms with Crippen LogP contribution in [0.1, 0.15) is 15.9 Å². The lowest BCUT2D eigenvalue weighted by Crippen LogP contribution is -2.44. The summed E-state index contributed by atoms with van der Waals surface area (Å²) >= 11 is 7.69. The van der Waals surface area contributed by atoms with Gasteiger partial charge in [-0.05, 0) is 61.1 Å². The van der Waals surface area contributed by atoms with Gasteiger partial charge in [-0.1, -0.05) is 35.9 Å². The van der Waals surface area contributed by atoms with Crippen LogP contribution in [0.3, 0.4) is 0 Å². The molecule has 31 heavy (non-hydrogen) atoms.